The molecule has 1 aromatic heterocycles. The van der Waals surface area contributed by atoms with Crippen molar-refractivity contribution in [1.29, 1.82) is 0 Å². The van der Waals surface area contributed by atoms with E-state index in [-0.39, 0.29) is 11.8 Å². The number of para-hydroxylation sites is 1. The number of carbonyl (C=O) groups excluding carboxylic acids is 1. The van der Waals surface area contributed by atoms with Crippen LogP contribution >= 0.6 is 0 Å². The second kappa shape index (κ2) is 5.05. The van der Waals surface area contributed by atoms with Crippen LogP contribution in [0.15, 0.2) is 34.9 Å². The minimum Gasteiger partial charge on any atom is -0.464 e. The molecule has 0 aliphatic carbocycles. The zero-order valence-electron chi connectivity index (χ0n) is 11.1. The summed E-state index contributed by atoms with van der Waals surface area (Å²) in [5, 5.41) is 4.28. The van der Waals surface area contributed by atoms with Crippen LogP contribution in [0.25, 0.3) is 11.0 Å². The maximum absolute atomic E-state index is 12.0. The van der Waals surface area contributed by atoms with Gasteiger partial charge in [-0.05, 0) is 18.1 Å². The number of amides is 1. The van der Waals surface area contributed by atoms with Gasteiger partial charge in [0, 0.05) is 32.1 Å². The van der Waals surface area contributed by atoms with Gasteiger partial charge in [-0.25, -0.2) is 0 Å². The number of hydrogen-bond donors (Lipinski definition) is 1. The highest BCUT2D eigenvalue weighted by atomic mass is 16.3. The molecular weight excluding hydrogens is 240 g/mol. The third kappa shape index (κ3) is 2.36. The molecule has 0 bridgehead atoms. The molecule has 1 aliphatic heterocycles. The van der Waals surface area contributed by atoms with E-state index in [9.17, 15) is 4.79 Å². The molecule has 100 valence electrons. The van der Waals surface area contributed by atoms with Gasteiger partial charge in [0.1, 0.15) is 5.58 Å². The van der Waals surface area contributed by atoms with E-state index in [2.05, 4.69) is 11.4 Å². The zero-order valence-corrected chi connectivity index (χ0v) is 11.1. The lowest BCUT2D eigenvalue weighted by atomic mass is 10.0. The van der Waals surface area contributed by atoms with Gasteiger partial charge in [-0.1, -0.05) is 18.2 Å². The van der Waals surface area contributed by atoms with Crippen LogP contribution in [0.4, 0.5) is 0 Å². The summed E-state index contributed by atoms with van der Waals surface area (Å²) in [4.78, 5) is 13.8. The standard InChI is InChI=1S/C15H18N2O2/c1-17(15(18)12-8-16-9-12)7-6-11-10-19-14-5-3-2-4-13(11)14/h2-5,10,12,16H,6-9H2,1H3. The van der Waals surface area contributed by atoms with Crippen LogP contribution in [0.5, 0.6) is 0 Å². The topological polar surface area (TPSA) is 45.5 Å². The summed E-state index contributed by atoms with van der Waals surface area (Å²) < 4.78 is 5.51. The van der Waals surface area contributed by atoms with E-state index in [1.165, 1.54) is 5.56 Å². The Morgan fingerprint density at radius 1 is 1.42 bits per heavy atom. The minimum absolute atomic E-state index is 0.172. The lowest BCUT2D eigenvalue weighted by molar-refractivity contribution is -0.135. The highest BCUT2D eigenvalue weighted by molar-refractivity contribution is 5.81. The first kappa shape index (κ1) is 12.2. The van der Waals surface area contributed by atoms with Crippen molar-refractivity contribution < 1.29 is 9.21 Å². The molecule has 0 saturated carbocycles. The van der Waals surface area contributed by atoms with E-state index < -0.39 is 0 Å². The maximum atomic E-state index is 12.0. The van der Waals surface area contributed by atoms with Crippen LogP contribution in [-0.4, -0.2) is 37.5 Å². The SMILES string of the molecule is CN(CCc1coc2ccccc12)C(=O)C1CNC1. The Kier molecular flexibility index (Phi) is 3.25. The first-order chi connectivity index (χ1) is 9.25. The number of nitrogens with one attached hydrogen (secondary N) is 1. The molecule has 4 nitrogen and oxygen atoms in total. The van der Waals surface area contributed by atoms with Gasteiger partial charge < -0.3 is 14.6 Å². The van der Waals surface area contributed by atoms with Crippen LogP contribution < -0.4 is 5.32 Å². The van der Waals surface area contributed by atoms with Crippen molar-refractivity contribution in [3.63, 3.8) is 0 Å². The first-order valence-corrected chi connectivity index (χ1v) is 6.66. The van der Waals surface area contributed by atoms with Crippen molar-refractivity contribution in [3.05, 3.63) is 36.1 Å². The first-order valence-electron chi connectivity index (χ1n) is 6.66. The summed E-state index contributed by atoms with van der Waals surface area (Å²) in [6.45, 7) is 2.37. The smallest absolute Gasteiger partial charge is 0.228 e. The van der Waals surface area contributed by atoms with Crippen molar-refractivity contribution in [2.45, 2.75) is 6.42 Å². The average molecular weight is 258 g/mol. The molecule has 1 aliphatic rings. The minimum atomic E-state index is 0.172. The molecule has 1 aromatic carbocycles. The quantitative estimate of drug-likeness (QED) is 0.907. The second-order valence-electron chi connectivity index (χ2n) is 5.12. The normalized spacial score (nSPS) is 15.4. The van der Waals surface area contributed by atoms with Crippen LogP contribution in [-0.2, 0) is 11.2 Å². The van der Waals surface area contributed by atoms with Crippen LogP contribution in [0, 0.1) is 5.92 Å². The molecule has 19 heavy (non-hydrogen) atoms. The summed E-state index contributed by atoms with van der Waals surface area (Å²) in [5.74, 6) is 0.414. The van der Waals surface area contributed by atoms with Gasteiger partial charge in [0.25, 0.3) is 0 Å². The van der Waals surface area contributed by atoms with Gasteiger partial charge in [0.2, 0.25) is 5.91 Å². The molecule has 1 fully saturated rings. The predicted molar refractivity (Wildman–Crippen MR) is 73.9 cm³/mol. The monoisotopic (exact) mass is 258 g/mol. The van der Waals surface area contributed by atoms with Gasteiger partial charge in [0.15, 0.2) is 0 Å². The van der Waals surface area contributed by atoms with Crippen LogP contribution in [0.3, 0.4) is 0 Å². The Bertz CT molecular complexity index is 587. The van der Waals surface area contributed by atoms with Crippen molar-refractivity contribution in [2.24, 2.45) is 5.92 Å². The van der Waals surface area contributed by atoms with E-state index in [0.29, 0.717) is 0 Å². The predicted octanol–water partition coefficient (Wildman–Crippen LogP) is 1.65. The Balaban J connectivity index is 1.64. The third-order valence-corrected chi connectivity index (χ3v) is 3.78. The molecule has 2 aromatic rings. The summed E-state index contributed by atoms with van der Waals surface area (Å²) in [6.07, 6.45) is 2.63. The van der Waals surface area contributed by atoms with Gasteiger partial charge in [-0.15, -0.1) is 0 Å². The van der Waals surface area contributed by atoms with Gasteiger partial charge in [-0.3, -0.25) is 4.79 Å². The number of benzene rings is 1. The highest BCUT2D eigenvalue weighted by Crippen LogP contribution is 2.21. The molecule has 0 radical (unpaired) electrons. The largest absolute Gasteiger partial charge is 0.464 e. The zero-order chi connectivity index (χ0) is 13.2. The molecule has 3 rings (SSSR count). The maximum Gasteiger partial charge on any atom is 0.228 e. The van der Waals surface area contributed by atoms with E-state index in [1.807, 2.05) is 30.1 Å². The molecule has 1 saturated heterocycles. The summed E-state index contributed by atoms with van der Waals surface area (Å²) in [7, 11) is 1.88. The number of furan rings is 1. The van der Waals surface area contributed by atoms with Crippen molar-refractivity contribution in [3.8, 4) is 0 Å². The van der Waals surface area contributed by atoms with Crippen LogP contribution in [0.1, 0.15) is 5.56 Å². The Morgan fingerprint density at radius 2 is 2.21 bits per heavy atom. The number of likely N-dealkylation sites (N-methyl/N-ethyl adjacent to an activating group) is 1. The number of rotatable bonds is 4. The van der Waals surface area contributed by atoms with E-state index in [0.717, 1.165) is 37.0 Å². The van der Waals surface area contributed by atoms with E-state index in [4.69, 9.17) is 4.42 Å². The fourth-order valence-electron chi connectivity index (χ4n) is 2.40. The summed E-state index contributed by atoms with van der Waals surface area (Å²) >= 11 is 0. The molecule has 1 amide bonds. The molecule has 2 heterocycles. The highest BCUT2D eigenvalue weighted by Gasteiger charge is 2.27. The Hall–Kier alpha value is -1.81. The number of carbonyl (C=O) groups is 1. The number of fused-ring (bicyclic) bond motifs is 1. The van der Waals surface area contributed by atoms with Gasteiger partial charge in [0.05, 0.1) is 12.2 Å². The van der Waals surface area contributed by atoms with Crippen molar-refractivity contribution in [1.82, 2.24) is 10.2 Å². The molecule has 0 atom stereocenters. The summed E-state index contributed by atoms with van der Waals surface area (Å²) in [6, 6.07) is 8.00. The molecule has 0 spiro atoms. The third-order valence-electron chi connectivity index (χ3n) is 3.78. The Labute approximate surface area is 112 Å². The fourth-order valence-corrected chi connectivity index (χ4v) is 2.40. The summed E-state index contributed by atoms with van der Waals surface area (Å²) in [5.41, 5.74) is 2.08. The Morgan fingerprint density at radius 3 is 2.95 bits per heavy atom. The average Bonchev–Trinajstić information content (AvgIpc) is 2.77. The van der Waals surface area contributed by atoms with Gasteiger partial charge in [-0.2, -0.15) is 0 Å². The fraction of sp³-hybridized carbons (Fsp3) is 0.400. The van der Waals surface area contributed by atoms with Crippen molar-refractivity contribution in [2.75, 3.05) is 26.7 Å². The molecule has 4 heteroatoms. The number of nitrogens with zero attached hydrogens (tertiary/aromatic N) is 1. The van der Waals surface area contributed by atoms with Crippen molar-refractivity contribution >= 4 is 16.9 Å². The van der Waals surface area contributed by atoms with E-state index >= 15 is 0 Å². The second-order valence-corrected chi connectivity index (χ2v) is 5.12. The lowest BCUT2D eigenvalue weighted by Gasteiger charge is -2.30. The number of hydrogen-bond acceptors (Lipinski definition) is 3. The van der Waals surface area contributed by atoms with Crippen LogP contribution in [0.2, 0.25) is 0 Å². The molecule has 1 N–H and O–H groups in total. The van der Waals surface area contributed by atoms with Gasteiger partial charge >= 0.3 is 0 Å². The lowest BCUT2D eigenvalue weighted by Crippen LogP contribution is -2.51. The molecule has 0 unspecified atom stereocenters. The van der Waals surface area contributed by atoms with E-state index in [1.54, 1.807) is 6.26 Å². The molecular formula is C15H18N2O2.